The van der Waals surface area contributed by atoms with Gasteiger partial charge in [0.15, 0.2) is 0 Å². The Bertz CT molecular complexity index is 197. The van der Waals surface area contributed by atoms with E-state index in [0.29, 0.717) is 5.41 Å². The fourth-order valence-corrected chi connectivity index (χ4v) is 2.89. The molecule has 17 heavy (non-hydrogen) atoms. The van der Waals surface area contributed by atoms with Crippen LogP contribution in [-0.4, -0.2) is 11.6 Å². The predicted molar refractivity (Wildman–Crippen MR) is 73.1 cm³/mol. The Morgan fingerprint density at radius 2 is 1.65 bits per heavy atom. The number of carbonyl (C=O) groups is 1. The van der Waals surface area contributed by atoms with E-state index in [0.717, 1.165) is 17.8 Å². The van der Waals surface area contributed by atoms with Crippen molar-refractivity contribution in [2.75, 3.05) is 0 Å². The summed E-state index contributed by atoms with van der Waals surface area (Å²) in [4.78, 5) is 8.36. The maximum atomic E-state index is 8.36. The third-order valence-corrected chi connectivity index (χ3v) is 4.45. The Kier molecular flexibility index (Phi) is 7.49. The Morgan fingerprint density at radius 3 is 1.94 bits per heavy atom. The van der Waals surface area contributed by atoms with E-state index in [9.17, 15) is 0 Å². The molecular weight excluding hydrogens is 212 g/mol. The molecule has 1 aliphatic carbocycles. The highest BCUT2D eigenvalue weighted by Crippen LogP contribution is 2.42. The average molecular weight is 242 g/mol. The Morgan fingerprint density at radius 1 is 1.24 bits per heavy atom. The van der Waals surface area contributed by atoms with Gasteiger partial charge in [0.05, 0.1) is 0 Å². The summed E-state index contributed by atoms with van der Waals surface area (Å²) in [6.45, 7) is 11.7. The zero-order valence-electron chi connectivity index (χ0n) is 12.2. The van der Waals surface area contributed by atoms with Gasteiger partial charge in [0.25, 0.3) is 6.47 Å². The molecule has 0 aromatic rings. The molecule has 1 saturated carbocycles. The van der Waals surface area contributed by atoms with Crippen molar-refractivity contribution in [2.45, 2.75) is 66.7 Å². The van der Waals surface area contributed by atoms with Crippen molar-refractivity contribution in [3.05, 3.63) is 0 Å². The number of carboxylic acid groups (broad SMARTS) is 1. The summed E-state index contributed by atoms with van der Waals surface area (Å²) < 4.78 is 0. The highest BCUT2D eigenvalue weighted by Gasteiger charge is 2.30. The van der Waals surface area contributed by atoms with Crippen LogP contribution in [0.5, 0.6) is 0 Å². The normalized spacial score (nSPS) is 26.6. The summed E-state index contributed by atoms with van der Waals surface area (Å²) in [7, 11) is 0. The molecule has 0 aliphatic heterocycles. The van der Waals surface area contributed by atoms with Crippen molar-refractivity contribution in [3.63, 3.8) is 0 Å². The summed E-state index contributed by atoms with van der Waals surface area (Å²) in [6.07, 6.45) is 7.27. The van der Waals surface area contributed by atoms with Crippen molar-refractivity contribution in [1.82, 2.24) is 0 Å². The molecule has 0 aromatic carbocycles. The maximum Gasteiger partial charge on any atom is 0.290 e. The van der Waals surface area contributed by atoms with Crippen molar-refractivity contribution in [1.29, 1.82) is 0 Å². The third-order valence-electron chi connectivity index (χ3n) is 4.45. The Balaban J connectivity index is 0.000000770. The molecule has 2 nitrogen and oxygen atoms in total. The zero-order valence-corrected chi connectivity index (χ0v) is 12.2. The molecule has 1 aliphatic rings. The highest BCUT2D eigenvalue weighted by atomic mass is 16.3. The van der Waals surface area contributed by atoms with E-state index in [1.54, 1.807) is 0 Å². The first-order valence-corrected chi connectivity index (χ1v) is 6.94. The first kappa shape index (κ1) is 16.5. The molecule has 0 radical (unpaired) electrons. The molecule has 1 fully saturated rings. The van der Waals surface area contributed by atoms with Gasteiger partial charge in [-0.15, -0.1) is 0 Å². The van der Waals surface area contributed by atoms with Crippen LogP contribution >= 0.6 is 0 Å². The van der Waals surface area contributed by atoms with E-state index < -0.39 is 0 Å². The van der Waals surface area contributed by atoms with Gasteiger partial charge in [-0.2, -0.15) is 0 Å². The smallest absolute Gasteiger partial charge is 0.290 e. The number of rotatable bonds is 2. The Hall–Kier alpha value is -0.530. The van der Waals surface area contributed by atoms with Gasteiger partial charge < -0.3 is 5.11 Å². The van der Waals surface area contributed by atoms with E-state index in [1.807, 2.05) is 0 Å². The van der Waals surface area contributed by atoms with Crippen molar-refractivity contribution >= 4 is 6.47 Å². The molecule has 2 heteroatoms. The summed E-state index contributed by atoms with van der Waals surface area (Å²) in [5, 5.41) is 6.89. The predicted octanol–water partition coefficient (Wildman–Crippen LogP) is 4.59. The van der Waals surface area contributed by atoms with Crippen LogP contribution in [0, 0.1) is 23.2 Å². The monoisotopic (exact) mass is 242 g/mol. The second kappa shape index (κ2) is 7.73. The average Bonchev–Trinajstić information content (AvgIpc) is 2.28. The van der Waals surface area contributed by atoms with Gasteiger partial charge in [0.1, 0.15) is 0 Å². The second-order valence-electron chi connectivity index (χ2n) is 6.47. The quantitative estimate of drug-likeness (QED) is 0.719. The minimum Gasteiger partial charge on any atom is -0.483 e. The van der Waals surface area contributed by atoms with Crippen molar-refractivity contribution in [3.8, 4) is 0 Å². The first-order valence-electron chi connectivity index (χ1n) is 6.94. The molecule has 1 rings (SSSR count). The van der Waals surface area contributed by atoms with Gasteiger partial charge in [0, 0.05) is 0 Å². The van der Waals surface area contributed by atoms with E-state index in [2.05, 4.69) is 34.6 Å². The molecule has 1 unspecified atom stereocenters. The van der Waals surface area contributed by atoms with Crippen LogP contribution in [0.25, 0.3) is 0 Å². The molecule has 0 aromatic heterocycles. The molecule has 0 amide bonds. The van der Waals surface area contributed by atoms with E-state index in [4.69, 9.17) is 9.90 Å². The molecule has 1 N–H and O–H groups in total. The number of hydrogen-bond donors (Lipinski definition) is 1. The molecule has 0 saturated heterocycles. The van der Waals surface area contributed by atoms with Crippen LogP contribution in [0.15, 0.2) is 0 Å². The SMILES string of the molecule is CCC(C)C1CCC(C(C)(C)C)CC1.O=CO. The highest BCUT2D eigenvalue weighted by molar-refractivity contribution is 5.32. The molecule has 0 bridgehead atoms. The van der Waals surface area contributed by atoms with Crippen molar-refractivity contribution < 1.29 is 9.90 Å². The second-order valence-corrected chi connectivity index (χ2v) is 6.47. The summed E-state index contributed by atoms with van der Waals surface area (Å²) >= 11 is 0. The lowest BCUT2D eigenvalue weighted by Gasteiger charge is -2.38. The lowest BCUT2D eigenvalue weighted by Crippen LogP contribution is -2.27. The molecule has 102 valence electrons. The Labute approximate surface area is 107 Å². The lowest BCUT2D eigenvalue weighted by atomic mass is 9.67. The minimum absolute atomic E-state index is 0.250. The fraction of sp³-hybridized carbons (Fsp3) is 0.933. The van der Waals surface area contributed by atoms with Crippen LogP contribution in [0.2, 0.25) is 0 Å². The number of hydrogen-bond acceptors (Lipinski definition) is 1. The molecular formula is C15H30O2. The van der Waals surface area contributed by atoms with Gasteiger partial charge in [-0.3, -0.25) is 4.79 Å². The maximum absolute atomic E-state index is 8.36. The topological polar surface area (TPSA) is 37.3 Å². The van der Waals surface area contributed by atoms with Gasteiger partial charge in [-0.1, -0.05) is 41.0 Å². The van der Waals surface area contributed by atoms with Crippen LogP contribution in [0.4, 0.5) is 0 Å². The fourth-order valence-electron chi connectivity index (χ4n) is 2.89. The molecule has 0 spiro atoms. The van der Waals surface area contributed by atoms with Crippen LogP contribution in [0.1, 0.15) is 66.7 Å². The van der Waals surface area contributed by atoms with Crippen LogP contribution < -0.4 is 0 Å². The third kappa shape index (κ3) is 6.09. The van der Waals surface area contributed by atoms with Crippen LogP contribution in [-0.2, 0) is 4.79 Å². The van der Waals surface area contributed by atoms with Gasteiger partial charge >= 0.3 is 0 Å². The molecule has 1 atom stereocenters. The van der Waals surface area contributed by atoms with Crippen molar-refractivity contribution in [2.24, 2.45) is 23.2 Å². The zero-order chi connectivity index (χ0) is 13.5. The summed E-state index contributed by atoms with van der Waals surface area (Å²) in [5.74, 6) is 2.96. The summed E-state index contributed by atoms with van der Waals surface area (Å²) in [5.41, 5.74) is 0.542. The standard InChI is InChI=1S/C14H28.CH2O2/c1-6-11(2)12-7-9-13(10-8-12)14(3,4)5;2-1-3/h11-13H,6-10H2,1-5H3;1H,(H,2,3). The van der Waals surface area contributed by atoms with Crippen LogP contribution in [0.3, 0.4) is 0 Å². The van der Waals surface area contributed by atoms with Gasteiger partial charge in [0.2, 0.25) is 0 Å². The lowest BCUT2D eigenvalue weighted by molar-refractivity contribution is -0.122. The van der Waals surface area contributed by atoms with Gasteiger partial charge in [-0.25, -0.2) is 0 Å². The minimum atomic E-state index is -0.250. The van der Waals surface area contributed by atoms with E-state index >= 15 is 0 Å². The van der Waals surface area contributed by atoms with Gasteiger partial charge in [-0.05, 0) is 48.9 Å². The largest absolute Gasteiger partial charge is 0.483 e. The molecule has 0 heterocycles. The van der Waals surface area contributed by atoms with E-state index in [-0.39, 0.29) is 6.47 Å². The summed E-state index contributed by atoms with van der Waals surface area (Å²) in [6, 6.07) is 0. The van der Waals surface area contributed by atoms with E-state index in [1.165, 1.54) is 32.1 Å². The first-order chi connectivity index (χ1) is 7.86.